The second-order valence-electron chi connectivity index (χ2n) is 7.70. The number of rotatable bonds is 7. The zero-order chi connectivity index (χ0) is 22.6. The van der Waals surface area contributed by atoms with E-state index in [1.807, 2.05) is 14.0 Å². The summed E-state index contributed by atoms with van der Waals surface area (Å²) >= 11 is 0. The predicted molar refractivity (Wildman–Crippen MR) is 116 cm³/mol. The fourth-order valence-electron chi connectivity index (χ4n) is 3.43. The normalized spacial score (nSPS) is 15.2. The van der Waals surface area contributed by atoms with Gasteiger partial charge in [0.15, 0.2) is 11.6 Å². The Balaban J connectivity index is 2.01. The van der Waals surface area contributed by atoms with Gasteiger partial charge in [0.25, 0.3) is 0 Å². The number of likely N-dealkylation sites (N-methyl/N-ethyl adjacent to an activating group) is 1. The molecule has 1 heterocycles. The molecule has 3 rings (SSSR count). The van der Waals surface area contributed by atoms with E-state index in [9.17, 15) is 22.0 Å². The Hall–Kier alpha value is -2.52. The first-order valence-electron chi connectivity index (χ1n) is 10.3. The van der Waals surface area contributed by atoms with Gasteiger partial charge >= 0.3 is 0 Å². The highest BCUT2D eigenvalue weighted by atomic mass is 32.2. The minimum atomic E-state index is -4.18. The average molecular weight is 452 g/mol. The topological polar surface area (TPSA) is 69.7 Å². The summed E-state index contributed by atoms with van der Waals surface area (Å²) in [7, 11) is -2.14. The Labute approximate surface area is 181 Å². The van der Waals surface area contributed by atoms with Crippen LogP contribution in [-0.4, -0.2) is 52.5 Å². The smallest absolute Gasteiger partial charge is 0.224 e. The van der Waals surface area contributed by atoms with Gasteiger partial charge in [0, 0.05) is 38.3 Å². The van der Waals surface area contributed by atoms with Crippen molar-refractivity contribution in [3.63, 3.8) is 0 Å². The second kappa shape index (κ2) is 9.74. The molecular formula is C22H27F2N3O3S. The molecule has 0 atom stereocenters. The van der Waals surface area contributed by atoms with Gasteiger partial charge in [-0.25, -0.2) is 17.2 Å². The monoisotopic (exact) mass is 451 g/mol. The summed E-state index contributed by atoms with van der Waals surface area (Å²) in [6.45, 7) is 5.24. The first kappa shape index (κ1) is 23.1. The van der Waals surface area contributed by atoms with Crippen molar-refractivity contribution in [3.05, 3.63) is 48.0 Å². The number of amides is 1. The van der Waals surface area contributed by atoms with E-state index in [-0.39, 0.29) is 27.8 Å². The summed E-state index contributed by atoms with van der Waals surface area (Å²) in [5.74, 6) is -2.67. The summed E-state index contributed by atoms with van der Waals surface area (Å²) < 4.78 is 53.4. The van der Waals surface area contributed by atoms with Crippen LogP contribution in [0.25, 0.3) is 0 Å². The van der Waals surface area contributed by atoms with Gasteiger partial charge in [0.1, 0.15) is 0 Å². The molecule has 1 saturated heterocycles. The zero-order valence-electron chi connectivity index (χ0n) is 17.7. The molecule has 1 fully saturated rings. The minimum absolute atomic E-state index is 0.141. The Bertz CT molecular complexity index is 1050. The minimum Gasteiger partial charge on any atom is -0.369 e. The van der Waals surface area contributed by atoms with Crippen molar-refractivity contribution in [3.8, 4) is 0 Å². The van der Waals surface area contributed by atoms with Crippen molar-refractivity contribution < 1.29 is 22.0 Å². The van der Waals surface area contributed by atoms with Crippen molar-refractivity contribution in [2.45, 2.75) is 36.0 Å². The van der Waals surface area contributed by atoms with Crippen molar-refractivity contribution in [2.24, 2.45) is 0 Å². The van der Waals surface area contributed by atoms with Gasteiger partial charge in [-0.15, -0.1) is 0 Å². The van der Waals surface area contributed by atoms with Gasteiger partial charge in [-0.3, -0.25) is 4.79 Å². The highest BCUT2D eigenvalue weighted by Crippen LogP contribution is 2.32. The fourth-order valence-corrected chi connectivity index (χ4v) is 4.84. The first-order chi connectivity index (χ1) is 14.7. The molecule has 2 aromatic carbocycles. The molecule has 31 heavy (non-hydrogen) atoms. The molecule has 0 aromatic heterocycles. The van der Waals surface area contributed by atoms with E-state index in [0.717, 1.165) is 50.4 Å². The Morgan fingerprint density at radius 1 is 1.03 bits per heavy atom. The third-order valence-electron chi connectivity index (χ3n) is 5.35. The van der Waals surface area contributed by atoms with E-state index < -0.39 is 21.5 Å². The quantitative estimate of drug-likeness (QED) is 0.651. The largest absolute Gasteiger partial charge is 0.369 e. The van der Waals surface area contributed by atoms with Crippen LogP contribution in [0, 0.1) is 11.6 Å². The Morgan fingerprint density at radius 2 is 1.74 bits per heavy atom. The lowest BCUT2D eigenvalue weighted by Gasteiger charge is -2.34. The number of nitrogens with one attached hydrogen (secondary N) is 1. The van der Waals surface area contributed by atoms with Crippen molar-refractivity contribution >= 4 is 27.1 Å². The molecule has 1 aliphatic heterocycles. The van der Waals surface area contributed by atoms with Crippen LogP contribution in [0.5, 0.6) is 0 Å². The SMILES string of the molecule is CCCCC(=O)Nc1cc(N2CCN(C)CC2)ccc1S(=O)(=O)c1ccc(F)c(F)c1. The molecule has 0 bridgehead atoms. The van der Waals surface area contributed by atoms with Crippen LogP contribution in [0.4, 0.5) is 20.2 Å². The highest BCUT2D eigenvalue weighted by Gasteiger charge is 2.25. The number of unbranched alkanes of at least 4 members (excludes halogenated alkanes) is 1. The van der Waals surface area contributed by atoms with E-state index in [1.165, 1.54) is 6.07 Å². The van der Waals surface area contributed by atoms with Crippen LogP contribution in [0.2, 0.25) is 0 Å². The van der Waals surface area contributed by atoms with Crippen LogP contribution in [0.15, 0.2) is 46.2 Å². The predicted octanol–water partition coefficient (Wildman–Crippen LogP) is 3.68. The molecule has 0 aliphatic carbocycles. The first-order valence-corrected chi connectivity index (χ1v) is 11.8. The number of piperazine rings is 1. The lowest BCUT2D eigenvalue weighted by molar-refractivity contribution is -0.116. The summed E-state index contributed by atoms with van der Waals surface area (Å²) in [5, 5.41) is 2.71. The summed E-state index contributed by atoms with van der Waals surface area (Å²) in [5.41, 5.74) is 0.936. The van der Waals surface area contributed by atoms with Crippen LogP contribution in [0.1, 0.15) is 26.2 Å². The lowest BCUT2D eigenvalue weighted by Crippen LogP contribution is -2.44. The third-order valence-corrected chi connectivity index (χ3v) is 7.16. The van der Waals surface area contributed by atoms with Gasteiger partial charge in [0.05, 0.1) is 15.5 Å². The summed E-state index contributed by atoms with van der Waals surface area (Å²) in [6.07, 6.45) is 1.77. The number of sulfone groups is 1. The Kier molecular flexibility index (Phi) is 7.27. The van der Waals surface area contributed by atoms with Crippen molar-refractivity contribution in [2.75, 3.05) is 43.4 Å². The molecule has 0 radical (unpaired) electrons. The maximum atomic E-state index is 13.7. The lowest BCUT2D eigenvalue weighted by atomic mass is 10.2. The van der Waals surface area contributed by atoms with E-state index in [2.05, 4.69) is 15.1 Å². The van der Waals surface area contributed by atoms with Crippen molar-refractivity contribution in [1.82, 2.24) is 4.90 Å². The molecule has 1 amide bonds. The Morgan fingerprint density at radius 3 is 2.39 bits per heavy atom. The van der Waals surface area contributed by atoms with Crippen LogP contribution < -0.4 is 10.2 Å². The number of hydrogen-bond acceptors (Lipinski definition) is 5. The summed E-state index contributed by atoms with van der Waals surface area (Å²) in [6, 6.07) is 7.19. The summed E-state index contributed by atoms with van der Waals surface area (Å²) in [4.78, 5) is 16.2. The van der Waals surface area contributed by atoms with Crippen LogP contribution >= 0.6 is 0 Å². The molecule has 2 aromatic rings. The number of nitrogens with zero attached hydrogens (tertiary/aromatic N) is 2. The maximum absolute atomic E-state index is 13.7. The molecule has 1 N–H and O–H groups in total. The molecule has 1 aliphatic rings. The fraction of sp³-hybridized carbons (Fsp3) is 0.409. The number of carbonyl (C=O) groups excluding carboxylic acids is 1. The molecule has 9 heteroatoms. The number of carbonyl (C=O) groups is 1. The maximum Gasteiger partial charge on any atom is 0.224 e. The zero-order valence-corrected chi connectivity index (χ0v) is 18.5. The van der Waals surface area contributed by atoms with E-state index in [1.54, 1.807) is 12.1 Å². The molecular weight excluding hydrogens is 424 g/mol. The molecule has 168 valence electrons. The highest BCUT2D eigenvalue weighted by molar-refractivity contribution is 7.91. The van der Waals surface area contributed by atoms with Crippen LogP contribution in [0.3, 0.4) is 0 Å². The molecule has 0 unspecified atom stereocenters. The van der Waals surface area contributed by atoms with Gasteiger partial charge in [-0.05, 0) is 49.9 Å². The van der Waals surface area contributed by atoms with E-state index >= 15 is 0 Å². The molecule has 0 spiro atoms. The number of hydrogen-bond donors (Lipinski definition) is 1. The second-order valence-corrected chi connectivity index (χ2v) is 9.62. The van der Waals surface area contributed by atoms with Gasteiger partial charge in [-0.1, -0.05) is 13.3 Å². The van der Waals surface area contributed by atoms with Crippen molar-refractivity contribution in [1.29, 1.82) is 0 Å². The number of anilines is 2. The van der Waals surface area contributed by atoms with Gasteiger partial charge in [-0.2, -0.15) is 0 Å². The number of halogens is 2. The average Bonchev–Trinajstić information content (AvgIpc) is 2.74. The van der Waals surface area contributed by atoms with Gasteiger partial charge < -0.3 is 15.1 Å². The standard InChI is InChI=1S/C22H27F2N3O3S/c1-3-4-5-22(28)25-20-14-16(27-12-10-26(2)11-13-27)6-9-21(20)31(29,30)17-7-8-18(23)19(24)15-17/h6-9,14-15H,3-5,10-13H2,1-2H3,(H,25,28). The third kappa shape index (κ3) is 5.40. The van der Waals surface area contributed by atoms with E-state index in [4.69, 9.17) is 0 Å². The van der Waals surface area contributed by atoms with Gasteiger partial charge in [0.2, 0.25) is 15.7 Å². The molecule has 6 nitrogen and oxygen atoms in total. The number of benzene rings is 2. The van der Waals surface area contributed by atoms with E-state index in [0.29, 0.717) is 12.5 Å². The molecule has 0 saturated carbocycles. The van der Waals surface area contributed by atoms with Crippen LogP contribution in [-0.2, 0) is 14.6 Å².